The van der Waals surface area contributed by atoms with Crippen molar-refractivity contribution in [2.45, 2.75) is 54.0 Å². The van der Waals surface area contributed by atoms with Crippen LogP contribution in [0, 0.1) is 13.8 Å². The third kappa shape index (κ3) is 3.32. The summed E-state index contributed by atoms with van der Waals surface area (Å²) in [7, 11) is 0. The zero-order chi connectivity index (χ0) is 15.4. The van der Waals surface area contributed by atoms with Crippen molar-refractivity contribution in [3.05, 3.63) is 40.3 Å². The van der Waals surface area contributed by atoms with Gasteiger partial charge in [0.05, 0.1) is 5.69 Å². The lowest BCUT2D eigenvalue weighted by Crippen LogP contribution is -2.18. The molecule has 0 fully saturated rings. The van der Waals surface area contributed by atoms with Crippen LogP contribution < -0.4 is 5.32 Å². The maximum Gasteiger partial charge on any atom is 0.158 e. The quantitative estimate of drug-likeness (QED) is 0.887. The maximum absolute atomic E-state index is 4.77. The molecule has 0 aliphatic carbocycles. The van der Waals surface area contributed by atoms with Gasteiger partial charge < -0.3 is 5.32 Å². The van der Waals surface area contributed by atoms with Crippen LogP contribution in [0.25, 0.3) is 5.82 Å². The van der Waals surface area contributed by atoms with Crippen LogP contribution in [-0.4, -0.2) is 21.3 Å². The molecule has 0 amide bonds. The van der Waals surface area contributed by atoms with Gasteiger partial charge in [-0.15, -0.1) is 0 Å². The lowest BCUT2D eigenvalue weighted by molar-refractivity contribution is 0.694. The molecule has 0 saturated carbocycles. The van der Waals surface area contributed by atoms with Gasteiger partial charge in [-0.25, -0.2) is 9.67 Å². The molecule has 0 aliphatic heterocycles. The van der Waals surface area contributed by atoms with Gasteiger partial charge in [0.25, 0.3) is 0 Å². The molecule has 2 aromatic heterocycles. The second-order valence-electron chi connectivity index (χ2n) is 5.41. The van der Waals surface area contributed by atoms with Crippen molar-refractivity contribution in [2.75, 3.05) is 6.54 Å². The molecule has 0 aliphatic rings. The van der Waals surface area contributed by atoms with Gasteiger partial charge in [-0.3, -0.25) is 0 Å². The van der Waals surface area contributed by atoms with Crippen LogP contribution in [0.15, 0.2) is 12.1 Å². The molecule has 2 aromatic rings. The molecular weight excluding hydrogens is 260 g/mol. The molecule has 0 unspecified atom stereocenters. The number of aryl methyl sites for hydroxylation is 4. The molecule has 0 saturated heterocycles. The van der Waals surface area contributed by atoms with E-state index in [4.69, 9.17) is 10.1 Å². The fourth-order valence-corrected chi connectivity index (χ4v) is 2.57. The van der Waals surface area contributed by atoms with Crippen molar-refractivity contribution in [3.8, 4) is 5.82 Å². The number of aromatic nitrogens is 3. The molecule has 4 heteroatoms. The number of hydrogen-bond donors (Lipinski definition) is 1. The molecule has 0 radical (unpaired) electrons. The van der Waals surface area contributed by atoms with E-state index in [2.05, 4.69) is 45.1 Å². The summed E-state index contributed by atoms with van der Waals surface area (Å²) in [6.07, 6.45) is 1.91. The van der Waals surface area contributed by atoms with Crippen LogP contribution in [0.1, 0.15) is 49.0 Å². The Morgan fingerprint density at radius 2 is 1.86 bits per heavy atom. The highest BCUT2D eigenvalue weighted by Crippen LogP contribution is 2.20. The lowest BCUT2D eigenvalue weighted by atomic mass is 10.1. The Balaban J connectivity index is 2.58. The minimum absolute atomic E-state index is 0.829. The van der Waals surface area contributed by atoms with Crippen LogP contribution in [0.4, 0.5) is 0 Å². The smallest absolute Gasteiger partial charge is 0.158 e. The van der Waals surface area contributed by atoms with Crippen molar-refractivity contribution in [3.63, 3.8) is 0 Å². The van der Waals surface area contributed by atoms with Gasteiger partial charge in [0.15, 0.2) is 5.82 Å². The minimum atomic E-state index is 0.829. The second kappa shape index (κ2) is 6.85. The monoisotopic (exact) mass is 286 g/mol. The Kier molecular flexibility index (Phi) is 5.12. The van der Waals surface area contributed by atoms with Gasteiger partial charge in [0, 0.05) is 23.5 Å². The normalized spacial score (nSPS) is 11.1. The van der Waals surface area contributed by atoms with E-state index in [1.807, 2.05) is 11.6 Å². The van der Waals surface area contributed by atoms with Gasteiger partial charge in [-0.05, 0) is 50.9 Å². The van der Waals surface area contributed by atoms with Gasteiger partial charge in [-0.2, -0.15) is 5.10 Å². The molecule has 2 heterocycles. The van der Waals surface area contributed by atoms with Gasteiger partial charge in [-0.1, -0.05) is 20.8 Å². The SMILES string of the molecule is CCNCc1c(C)cc(C)nc1-n1nc(CC)cc1CC. The van der Waals surface area contributed by atoms with Gasteiger partial charge in [0.1, 0.15) is 0 Å². The highest BCUT2D eigenvalue weighted by Gasteiger charge is 2.15. The number of nitrogens with one attached hydrogen (secondary N) is 1. The van der Waals surface area contributed by atoms with Gasteiger partial charge >= 0.3 is 0 Å². The highest BCUT2D eigenvalue weighted by atomic mass is 15.3. The van der Waals surface area contributed by atoms with Crippen LogP contribution in [-0.2, 0) is 19.4 Å². The molecular formula is C17H26N4. The first-order valence-electron chi connectivity index (χ1n) is 7.86. The predicted molar refractivity (Wildman–Crippen MR) is 87.0 cm³/mol. The topological polar surface area (TPSA) is 42.7 Å². The molecule has 21 heavy (non-hydrogen) atoms. The van der Waals surface area contributed by atoms with Crippen LogP contribution in [0.2, 0.25) is 0 Å². The highest BCUT2D eigenvalue weighted by molar-refractivity contribution is 5.42. The van der Waals surface area contributed by atoms with Crippen molar-refractivity contribution in [1.29, 1.82) is 0 Å². The molecule has 0 atom stereocenters. The van der Waals surface area contributed by atoms with Crippen LogP contribution >= 0.6 is 0 Å². The summed E-state index contributed by atoms with van der Waals surface area (Å²) in [5, 5.41) is 8.16. The Hall–Kier alpha value is -1.68. The average molecular weight is 286 g/mol. The molecule has 4 nitrogen and oxygen atoms in total. The van der Waals surface area contributed by atoms with Crippen molar-refractivity contribution in [1.82, 2.24) is 20.1 Å². The Morgan fingerprint density at radius 1 is 1.10 bits per heavy atom. The summed E-state index contributed by atoms with van der Waals surface area (Å²) in [5.41, 5.74) is 5.90. The zero-order valence-electron chi connectivity index (χ0n) is 13.8. The lowest BCUT2D eigenvalue weighted by Gasteiger charge is -2.15. The fraction of sp³-hybridized carbons (Fsp3) is 0.529. The summed E-state index contributed by atoms with van der Waals surface area (Å²) in [4.78, 5) is 4.77. The van der Waals surface area contributed by atoms with E-state index in [9.17, 15) is 0 Å². The van der Waals surface area contributed by atoms with E-state index in [1.54, 1.807) is 0 Å². The first kappa shape index (κ1) is 15.7. The number of hydrogen-bond acceptors (Lipinski definition) is 3. The average Bonchev–Trinajstić information content (AvgIpc) is 2.89. The molecule has 114 valence electrons. The number of pyridine rings is 1. The first-order valence-corrected chi connectivity index (χ1v) is 7.86. The van der Waals surface area contributed by atoms with Crippen molar-refractivity contribution in [2.24, 2.45) is 0 Å². The molecule has 0 bridgehead atoms. The fourth-order valence-electron chi connectivity index (χ4n) is 2.57. The largest absolute Gasteiger partial charge is 0.313 e. The molecule has 0 spiro atoms. The Labute approximate surface area is 127 Å². The summed E-state index contributed by atoms with van der Waals surface area (Å²) in [6.45, 7) is 12.4. The van der Waals surface area contributed by atoms with Crippen LogP contribution in [0.5, 0.6) is 0 Å². The van der Waals surface area contributed by atoms with Crippen LogP contribution in [0.3, 0.4) is 0 Å². The first-order chi connectivity index (χ1) is 10.1. The third-order valence-electron chi connectivity index (χ3n) is 3.76. The molecule has 1 N–H and O–H groups in total. The van der Waals surface area contributed by atoms with E-state index in [0.717, 1.165) is 43.1 Å². The standard InChI is InChI=1S/C17H26N4/c1-6-14-10-15(7-2)21(20-14)17-16(11-18-8-3)12(4)9-13(5)19-17/h9-10,18H,6-8,11H2,1-5H3. The predicted octanol–water partition coefficient (Wildman–Crippen LogP) is 3.12. The van der Waals surface area contributed by atoms with E-state index in [0.29, 0.717) is 0 Å². The van der Waals surface area contributed by atoms with E-state index in [1.165, 1.54) is 16.8 Å². The van der Waals surface area contributed by atoms with Crippen molar-refractivity contribution >= 4 is 0 Å². The van der Waals surface area contributed by atoms with Crippen molar-refractivity contribution < 1.29 is 0 Å². The Bertz CT molecular complexity index is 613. The van der Waals surface area contributed by atoms with E-state index < -0.39 is 0 Å². The summed E-state index contributed by atoms with van der Waals surface area (Å²) < 4.78 is 2.03. The molecule has 0 aromatic carbocycles. The maximum atomic E-state index is 4.77. The summed E-state index contributed by atoms with van der Waals surface area (Å²) >= 11 is 0. The summed E-state index contributed by atoms with van der Waals surface area (Å²) in [6, 6.07) is 4.34. The molecule has 2 rings (SSSR count). The van der Waals surface area contributed by atoms with Gasteiger partial charge in [0.2, 0.25) is 0 Å². The van der Waals surface area contributed by atoms with E-state index >= 15 is 0 Å². The zero-order valence-corrected chi connectivity index (χ0v) is 13.8. The number of rotatable bonds is 6. The number of nitrogens with zero attached hydrogens (tertiary/aromatic N) is 3. The minimum Gasteiger partial charge on any atom is -0.313 e. The third-order valence-corrected chi connectivity index (χ3v) is 3.76. The Morgan fingerprint density at radius 3 is 2.48 bits per heavy atom. The summed E-state index contributed by atoms with van der Waals surface area (Å²) in [5.74, 6) is 0.977. The van der Waals surface area contributed by atoms with E-state index in [-0.39, 0.29) is 0 Å². The second-order valence-corrected chi connectivity index (χ2v) is 5.41.